The lowest BCUT2D eigenvalue weighted by atomic mass is 10.2. The molecule has 0 aliphatic rings. The third-order valence-electron chi connectivity index (χ3n) is 2.11. The van der Waals surface area contributed by atoms with Gasteiger partial charge in [0.05, 0.1) is 11.7 Å². The molecule has 0 unspecified atom stereocenters. The van der Waals surface area contributed by atoms with Crippen LogP contribution in [0.1, 0.15) is 24.2 Å². The average Bonchev–Trinajstić information content (AvgIpc) is 2.27. The van der Waals surface area contributed by atoms with Gasteiger partial charge in [-0.1, -0.05) is 0 Å². The van der Waals surface area contributed by atoms with Crippen LogP contribution in [-0.2, 0) is 4.74 Å². The maximum Gasteiger partial charge on any atom is 0.414 e. The van der Waals surface area contributed by atoms with Gasteiger partial charge in [-0.05, 0) is 38.1 Å². The minimum atomic E-state index is -0.996. The van der Waals surface area contributed by atoms with Crippen molar-refractivity contribution in [3.8, 4) is 0 Å². The molecule has 1 N–H and O–H groups in total. The zero-order chi connectivity index (χ0) is 13.0. The molecule has 0 saturated carbocycles. The number of carboxylic acids is 1. The van der Waals surface area contributed by atoms with Gasteiger partial charge in [0.2, 0.25) is 0 Å². The average molecular weight is 237 g/mol. The number of hydrogen-bond acceptors (Lipinski definition) is 3. The first kappa shape index (κ1) is 13.0. The second-order valence-corrected chi connectivity index (χ2v) is 3.84. The van der Waals surface area contributed by atoms with E-state index in [1.54, 1.807) is 33.0 Å². The summed E-state index contributed by atoms with van der Waals surface area (Å²) in [5.74, 6) is -0.996. The van der Waals surface area contributed by atoms with Crippen LogP contribution in [0.15, 0.2) is 24.3 Å². The number of rotatable bonds is 3. The minimum absolute atomic E-state index is 0.180. The van der Waals surface area contributed by atoms with E-state index in [2.05, 4.69) is 0 Å². The Balaban J connectivity index is 2.79. The number of carbonyl (C=O) groups excluding carboxylic acids is 1. The molecule has 0 aliphatic carbocycles. The van der Waals surface area contributed by atoms with E-state index in [0.717, 1.165) is 0 Å². The number of ether oxygens (including phenoxy) is 1. The van der Waals surface area contributed by atoms with E-state index < -0.39 is 12.1 Å². The van der Waals surface area contributed by atoms with E-state index in [-0.39, 0.29) is 11.7 Å². The van der Waals surface area contributed by atoms with Crippen molar-refractivity contribution in [2.24, 2.45) is 0 Å². The van der Waals surface area contributed by atoms with Crippen molar-refractivity contribution < 1.29 is 19.4 Å². The summed E-state index contributed by atoms with van der Waals surface area (Å²) in [5.41, 5.74) is 0.764. The van der Waals surface area contributed by atoms with E-state index in [1.807, 2.05) is 0 Å². The fraction of sp³-hybridized carbons (Fsp3) is 0.333. The topological polar surface area (TPSA) is 66.8 Å². The second kappa shape index (κ2) is 5.34. The highest BCUT2D eigenvalue weighted by Crippen LogP contribution is 2.15. The second-order valence-electron chi connectivity index (χ2n) is 3.84. The predicted octanol–water partition coefficient (Wildman–Crippen LogP) is 2.37. The van der Waals surface area contributed by atoms with Crippen molar-refractivity contribution in [3.05, 3.63) is 29.8 Å². The van der Waals surface area contributed by atoms with Gasteiger partial charge in [0.1, 0.15) is 0 Å². The van der Waals surface area contributed by atoms with Crippen LogP contribution in [0.2, 0.25) is 0 Å². The summed E-state index contributed by atoms with van der Waals surface area (Å²) in [7, 11) is 1.57. The Morgan fingerprint density at radius 3 is 2.18 bits per heavy atom. The van der Waals surface area contributed by atoms with Crippen LogP contribution in [-0.4, -0.2) is 30.3 Å². The molecule has 0 fully saturated rings. The quantitative estimate of drug-likeness (QED) is 0.876. The molecule has 1 aromatic rings. The SMILES string of the molecule is CC(C)OC(=O)N(C)c1ccc(C(=O)O)cc1. The Morgan fingerprint density at radius 2 is 1.76 bits per heavy atom. The van der Waals surface area contributed by atoms with E-state index in [9.17, 15) is 9.59 Å². The predicted molar refractivity (Wildman–Crippen MR) is 63.4 cm³/mol. The number of amides is 1. The molecule has 5 nitrogen and oxygen atoms in total. The lowest BCUT2D eigenvalue weighted by Crippen LogP contribution is -2.29. The smallest absolute Gasteiger partial charge is 0.414 e. The number of anilines is 1. The van der Waals surface area contributed by atoms with E-state index >= 15 is 0 Å². The van der Waals surface area contributed by atoms with Crippen LogP contribution in [0.5, 0.6) is 0 Å². The van der Waals surface area contributed by atoms with Crippen LogP contribution in [0, 0.1) is 0 Å². The number of benzene rings is 1. The molecule has 0 aliphatic heterocycles. The molecule has 0 radical (unpaired) electrons. The molecule has 1 rings (SSSR count). The molecule has 0 heterocycles. The van der Waals surface area contributed by atoms with Gasteiger partial charge < -0.3 is 9.84 Å². The molecular weight excluding hydrogens is 222 g/mol. The van der Waals surface area contributed by atoms with Gasteiger partial charge in [-0.3, -0.25) is 4.90 Å². The Kier molecular flexibility index (Phi) is 4.09. The van der Waals surface area contributed by atoms with Crippen molar-refractivity contribution in [1.82, 2.24) is 0 Å². The highest BCUT2D eigenvalue weighted by atomic mass is 16.6. The van der Waals surface area contributed by atoms with Crippen molar-refractivity contribution >= 4 is 17.7 Å². The van der Waals surface area contributed by atoms with Gasteiger partial charge in [0, 0.05) is 12.7 Å². The lowest BCUT2D eigenvalue weighted by molar-refractivity contribution is 0.0697. The Morgan fingerprint density at radius 1 is 1.24 bits per heavy atom. The summed E-state index contributed by atoms with van der Waals surface area (Å²) in [4.78, 5) is 23.5. The van der Waals surface area contributed by atoms with Crippen LogP contribution < -0.4 is 4.90 Å². The fourth-order valence-electron chi connectivity index (χ4n) is 1.21. The van der Waals surface area contributed by atoms with E-state index in [1.165, 1.54) is 17.0 Å². The number of carboxylic acid groups (broad SMARTS) is 1. The fourth-order valence-corrected chi connectivity index (χ4v) is 1.21. The molecule has 5 heteroatoms. The highest BCUT2D eigenvalue weighted by molar-refractivity contribution is 5.90. The third-order valence-corrected chi connectivity index (χ3v) is 2.11. The standard InChI is InChI=1S/C12H15NO4/c1-8(2)17-12(16)13(3)10-6-4-9(5-7-10)11(14)15/h4-8H,1-3H3,(H,14,15). The zero-order valence-electron chi connectivity index (χ0n) is 10.0. The van der Waals surface area contributed by atoms with Gasteiger partial charge in [-0.25, -0.2) is 9.59 Å². The highest BCUT2D eigenvalue weighted by Gasteiger charge is 2.14. The number of hydrogen-bond donors (Lipinski definition) is 1. The van der Waals surface area contributed by atoms with Gasteiger partial charge in [-0.15, -0.1) is 0 Å². The Hall–Kier alpha value is -2.04. The summed E-state index contributed by atoms with van der Waals surface area (Å²) in [6.45, 7) is 3.53. The van der Waals surface area contributed by atoms with Crippen molar-refractivity contribution in [2.75, 3.05) is 11.9 Å². The van der Waals surface area contributed by atoms with Crippen LogP contribution in [0.4, 0.5) is 10.5 Å². The molecule has 17 heavy (non-hydrogen) atoms. The number of nitrogens with zero attached hydrogens (tertiary/aromatic N) is 1. The summed E-state index contributed by atoms with van der Waals surface area (Å²) < 4.78 is 5.01. The van der Waals surface area contributed by atoms with Crippen molar-refractivity contribution in [3.63, 3.8) is 0 Å². The molecule has 0 spiro atoms. The van der Waals surface area contributed by atoms with E-state index in [0.29, 0.717) is 5.69 Å². The maximum atomic E-state index is 11.6. The van der Waals surface area contributed by atoms with Crippen LogP contribution >= 0.6 is 0 Å². The largest absolute Gasteiger partial charge is 0.478 e. The molecule has 1 aromatic carbocycles. The maximum absolute atomic E-state index is 11.6. The van der Waals surface area contributed by atoms with Gasteiger partial charge >= 0.3 is 12.1 Å². The van der Waals surface area contributed by atoms with E-state index in [4.69, 9.17) is 9.84 Å². The molecular formula is C12H15NO4. The Bertz CT molecular complexity index is 411. The summed E-state index contributed by atoms with van der Waals surface area (Å²) >= 11 is 0. The van der Waals surface area contributed by atoms with Crippen molar-refractivity contribution in [2.45, 2.75) is 20.0 Å². The molecule has 0 atom stereocenters. The van der Waals surface area contributed by atoms with Crippen LogP contribution in [0.3, 0.4) is 0 Å². The minimum Gasteiger partial charge on any atom is -0.478 e. The molecule has 0 bridgehead atoms. The Labute approximate surface area is 99.6 Å². The molecule has 92 valence electrons. The monoisotopic (exact) mass is 237 g/mol. The van der Waals surface area contributed by atoms with Gasteiger partial charge in [-0.2, -0.15) is 0 Å². The summed E-state index contributed by atoms with van der Waals surface area (Å²) in [6, 6.07) is 6.00. The lowest BCUT2D eigenvalue weighted by Gasteiger charge is -2.18. The number of carbonyl (C=O) groups is 2. The summed E-state index contributed by atoms with van der Waals surface area (Å²) in [6.07, 6.45) is -0.661. The molecule has 1 amide bonds. The summed E-state index contributed by atoms with van der Waals surface area (Å²) in [5, 5.41) is 8.74. The third kappa shape index (κ3) is 3.48. The van der Waals surface area contributed by atoms with Gasteiger partial charge in [0.25, 0.3) is 0 Å². The molecule has 0 saturated heterocycles. The normalized spacial score (nSPS) is 10.1. The number of aromatic carboxylic acids is 1. The van der Waals surface area contributed by atoms with Crippen molar-refractivity contribution in [1.29, 1.82) is 0 Å². The van der Waals surface area contributed by atoms with Crippen LogP contribution in [0.25, 0.3) is 0 Å². The first-order valence-electron chi connectivity index (χ1n) is 5.19. The zero-order valence-corrected chi connectivity index (χ0v) is 10.0. The first-order valence-corrected chi connectivity index (χ1v) is 5.19. The van der Waals surface area contributed by atoms with Gasteiger partial charge in [0.15, 0.2) is 0 Å². The first-order chi connectivity index (χ1) is 7.91. The molecule has 0 aromatic heterocycles.